The number of aromatic nitrogens is 1. The summed E-state index contributed by atoms with van der Waals surface area (Å²) in [6.07, 6.45) is 2.89. The molecule has 6 heteroatoms. The largest absolute Gasteiger partial charge is 0.323 e. The molecule has 0 bridgehead atoms. The number of amides is 2. The Hall–Kier alpha value is -2.14. The van der Waals surface area contributed by atoms with Gasteiger partial charge in [-0.25, -0.2) is 9.18 Å². The van der Waals surface area contributed by atoms with E-state index in [9.17, 15) is 9.18 Å². The van der Waals surface area contributed by atoms with Crippen molar-refractivity contribution in [2.45, 2.75) is 6.92 Å². The number of urea groups is 1. The highest BCUT2D eigenvalue weighted by Gasteiger charge is 2.08. The number of aryl methyl sites for hydroxylation is 1. The molecule has 98 valence electrons. The van der Waals surface area contributed by atoms with Crippen molar-refractivity contribution in [1.82, 2.24) is 4.98 Å². The molecule has 0 unspecified atom stereocenters. The second kappa shape index (κ2) is 5.67. The van der Waals surface area contributed by atoms with Gasteiger partial charge in [0.1, 0.15) is 5.82 Å². The number of hydrogen-bond acceptors (Lipinski definition) is 2. The van der Waals surface area contributed by atoms with E-state index in [4.69, 9.17) is 11.6 Å². The summed E-state index contributed by atoms with van der Waals surface area (Å²) in [5.74, 6) is -0.457. The Morgan fingerprint density at radius 1 is 1.32 bits per heavy atom. The lowest BCUT2D eigenvalue weighted by Gasteiger charge is -2.09. The topological polar surface area (TPSA) is 54.0 Å². The van der Waals surface area contributed by atoms with Gasteiger partial charge in [0.15, 0.2) is 0 Å². The minimum Gasteiger partial charge on any atom is -0.306 e. The first kappa shape index (κ1) is 13.3. The molecule has 0 aliphatic heterocycles. The van der Waals surface area contributed by atoms with Crippen LogP contribution in [0.4, 0.5) is 20.6 Å². The summed E-state index contributed by atoms with van der Waals surface area (Å²) in [6, 6.07) is 5.75. The average Bonchev–Trinajstić information content (AvgIpc) is 2.35. The van der Waals surface area contributed by atoms with E-state index in [0.717, 1.165) is 0 Å². The van der Waals surface area contributed by atoms with Gasteiger partial charge in [-0.1, -0.05) is 23.7 Å². The van der Waals surface area contributed by atoms with Gasteiger partial charge >= 0.3 is 6.03 Å². The standard InChI is InChI=1S/C13H11ClFN3O/c1-8-3-2-4-11(12(8)15)18-13(19)17-10-5-9(14)6-16-7-10/h2-7H,1H3,(H2,17,18,19). The summed E-state index contributed by atoms with van der Waals surface area (Å²) >= 11 is 5.74. The molecule has 4 nitrogen and oxygen atoms in total. The van der Waals surface area contributed by atoms with Gasteiger partial charge in [-0.05, 0) is 24.6 Å². The number of pyridine rings is 1. The van der Waals surface area contributed by atoms with Gasteiger partial charge in [-0.15, -0.1) is 0 Å². The number of hydrogen-bond donors (Lipinski definition) is 2. The lowest BCUT2D eigenvalue weighted by Crippen LogP contribution is -2.20. The third kappa shape index (κ3) is 3.42. The van der Waals surface area contributed by atoms with Crippen LogP contribution in [-0.2, 0) is 0 Å². The van der Waals surface area contributed by atoms with Gasteiger partial charge in [0.05, 0.1) is 22.6 Å². The summed E-state index contributed by atoms with van der Waals surface area (Å²) in [5.41, 5.74) is 1.01. The predicted octanol–water partition coefficient (Wildman–Crippen LogP) is 3.83. The third-order valence-electron chi connectivity index (χ3n) is 2.40. The molecular formula is C13H11ClFN3O. The molecule has 0 radical (unpaired) electrons. The molecule has 1 aromatic carbocycles. The van der Waals surface area contributed by atoms with E-state index in [1.165, 1.54) is 18.5 Å². The molecule has 19 heavy (non-hydrogen) atoms. The minimum absolute atomic E-state index is 0.118. The first-order chi connectivity index (χ1) is 9.06. The highest BCUT2D eigenvalue weighted by molar-refractivity contribution is 6.30. The zero-order valence-corrected chi connectivity index (χ0v) is 10.8. The molecule has 0 saturated heterocycles. The molecule has 0 aliphatic rings. The van der Waals surface area contributed by atoms with E-state index in [-0.39, 0.29) is 5.69 Å². The SMILES string of the molecule is Cc1cccc(NC(=O)Nc2cncc(Cl)c2)c1F. The highest BCUT2D eigenvalue weighted by Crippen LogP contribution is 2.18. The van der Waals surface area contributed by atoms with Gasteiger partial charge in [0.2, 0.25) is 0 Å². The summed E-state index contributed by atoms with van der Waals surface area (Å²) in [4.78, 5) is 15.5. The fourth-order valence-corrected chi connectivity index (χ4v) is 1.68. The molecule has 0 saturated carbocycles. The Morgan fingerprint density at radius 2 is 2.11 bits per heavy atom. The van der Waals surface area contributed by atoms with E-state index < -0.39 is 11.8 Å². The fourth-order valence-electron chi connectivity index (χ4n) is 1.51. The zero-order chi connectivity index (χ0) is 13.8. The number of benzene rings is 1. The van der Waals surface area contributed by atoms with Crippen molar-refractivity contribution in [1.29, 1.82) is 0 Å². The monoisotopic (exact) mass is 279 g/mol. The smallest absolute Gasteiger partial charge is 0.306 e. The Labute approximate surface area is 114 Å². The van der Waals surface area contributed by atoms with Crippen molar-refractivity contribution in [3.8, 4) is 0 Å². The normalized spacial score (nSPS) is 10.1. The van der Waals surface area contributed by atoms with Gasteiger partial charge in [-0.3, -0.25) is 4.98 Å². The molecule has 0 aliphatic carbocycles. The summed E-state index contributed by atoms with van der Waals surface area (Å²) < 4.78 is 13.7. The van der Waals surface area contributed by atoms with Gasteiger partial charge in [0, 0.05) is 6.20 Å². The first-order valence-electron chi connectivity index (χ1n) is 5.50. The molecule has 2 rings (SSSR count). The number of carbonyl (C=O) groups excluding carboxylic acids is 1. The van der Waals surface area contributed by atoms with Crippen molar-refractivity contribution < 1.29 is 9.18 Å². The number of carbonyl (C=O) groups is 1. The molecule has 1 heterocycles. The number of rotatable bonds is 2. The number of nitrogens with one attached hydrogen (secondary N) is 2. The maximum atomic E-state index is 13.7. The second-order valence-electron chi connectivity index (χ2n) is 3.91. The summed E-state index contributed by atoms with van der Waals surface area (Å²) in [6.45, 7) is 1.62. The van der Waals surface area contributed by atoms with Crippen molar-refractivity contribution in [2.75, 3.05) is 10.6 Å². The molecule has 2 aromatic rings. The van der Waals surface area contributed by atoms with Crippen molar-refractivity contribution in [3.05, 3.63) is 53.1 Å². The van der Waals surface area contributed by atoms with Crippen molar-refractivity contribution in [2.24, 2.45) is 0 Å². The average molecular weight is 280 g/mol. The number of nitrogens with zero attached hydrogens (tertiary/aromatic N) is 1. The molecule has 0 fully saturated rings. The fraction of sp³-hybridized carbons (Fsp3) is 0.0769. The highest BCUT2D eigenvalue weighted by atomic mass is 35.5. The zero-order valence-electron chi connectivity index (χ0n) is 10.1. The van der Waals surface area contributed by atoms with Crippen molar-refractivity contribution >= 4 is 29.0 Å². The van der Waals surface area contributed by atoms with Crippen LogP contribution >= 0.6 is 11.6 Å². The molecule has 1 aromatic heterocycles. The van der Waals surface area contributed by atoms with Crippen LogP contribution < -0.4 is 10.6 Å². The van der Waals surface area contributed by atoms with Crippen LogP contribution in [0.25, 0.3) is 0 Å². The van der Waals surface area contributed by atoms with E-state index >= 15 is 0 Å². The number of anilines is 2. The molecular weight excluding hydrogens is 269 g/mol. The van der Waals surface area contributed by atoms with E-state index in [1.54, 1.807) is 25.1 Å². The first-order valence-corrected chi connectivity index (χ1v) is 5.88. The number of halogens is 2. The van der Waals surface area contributed by atoms with Crippen LogP contribution in [0, 0.1) is 12.7 Å². The van der Waals surface area contributed by atoms with Crippen LogP contribution in [-0.4, -0.2) is 11.0 Å². The summed E-state index contributed by atoms with van der Waals surface area (Å²) in [5, 5.41) is 5.34. The quantitative estimate of drug-likeness (QED) is 0.878. The Balaban J connectivity index is 2.08. The lowest BCUT2D eigenvalue weighted by molar-refractivity contribution is 0.262. The lowest BCUT2D eigenvalue weighted by atomic mass is 10.2. The van der Waals surface area contributed by atoms with Gasteiger partial charge in [0.25, 0.3) is 0 Å². The molecule has 0 spiro atoms. The predicted molar refractivity (Wildman–Crippen MR) is 73.0 cm³/mol. The Kier molecular flexibility index (Phi) is 3.97. The van der Waals surface area contributed by atoms with Crippen LogP contribution in [0.3, 0.4) is 0 Å². The molecule has 2 amide bonds. The maximum Gasteiger partial charge on any atom is 0.323 e. The molecule has 2 N–H and O–H groups in total. The minimum atomic E-state index is -0.562. The van der Waals surface area contributed by atoms with Gasteiger partial charge in [-0.2, -0.15) is 0 Å². The maximum absolute atomic E-state index is 13.7. The summed E-state index contributed by atoms with van der Waals surface area (Å²) in [7, 11) is 0. The van der Waals surface area contributed by atoms with E-state index in [0.29, 0.717) is 16.3 Å². The van der Waals surface area contributed by atoms with Crippen molar-refractivity contribution in [3.63, 3.8) is 0 Å². The van der Waals surface area contributed by atoms with Crippen LogP contribution in [0.1, 0.15) is 5.56 Å². The van der Waals surface area contributed by atoms with Crippen LogP contribution in [0.5, 0.6) is 0 Å². The van der Waals surface area contributed by atoms with Crippen LogP contribution in [0.2, 0.25) is 5.02 Å². The third-order valence-corrected chi connectivity index (χ3v) is 2.61. The Bertz CT molecular complexity index is 619. The second-order valence-corrected chi connectivity index (χ2v) is 4.34. The molecule has 0 atom stereocenters. The van der Waals surface area contributed by atoms with E-state index in [2.05, 4.69) is 15.6 Å². The van der Waals surface area contributed by atoms with Gasteiger partial charge < -0.3 is 10.6 Å². The Morgan fingerprint density at radius 3 is 2.84 bits per heavy atom. The van der Waals surface area contributed by atoms with Crippen LogP contribution in [0.15, 0.2) is 36.7 Å². The van der Waals surface area contributed by atoms with E-state index in [1.807, 2.05) is 0 Å².